The minimum Gasteiger partial charge on any atom is -0.469 e. The Morgan fingerprint density at radius 1 is 1.09 bits per heavy atom. The molecule has 0 saturated carbocycles. The van der Waals surface area contributed by atoms with E-state index in [-0.39, 0.29) is 17.9 Å². The molecular formula is C18H28N2O3. The van der Waals surface area contributed by atoms with Crippen molar-refractivity contribution in [2.75, 3.05) is 13.7 Å². The van der Waals surface area contributed by atoms with E-state index in [2.05, 4.69) is 10.1 Å². The summed E-state index contributed by atoms with van der Waals surface area (Å²) in [6.45, 7) is 0.775. The highest BCUT2D eigenvalue weighted by Crippen LogP contribution is 2.07. The van der Waals surface area contributed by atoms with Crippen LogP contribution in [0.1, 0.15) is 44.1 Å². The van der Waals surface area contributed by atoms with E-state index in [1.54, 1.807) is 0 Å². The van der Waals surface area contributed by atoms with Crippen LogP contribution in [0.3, 0.4) is 0 Å². The van der Waals surface area contributed by atoms with Crippen LogP contribution in [-0.4, -0.2) is 31.6 Å². The smallest absolute Gasteiger partial charge is 0.305 e. The van der Waals surface area contributed by atoms with Crippen LogP contribution in [0, 0.1) is 0 Å². The van der Waals surface area contributed by atoms with E-state index in [0.29, 0.717) is 12.8 Å². The largest absolute Gasteiger partial charge is 0.469 e. The molecule has 3 N–H and O–H groups in total. The molecule has 5 nitrogen and oxygen atoms in total. The Balaban J connectivity index is 2.12. The second kappa shape index (κ2) is 11.7. The number of ether oxygens (including phenoxy) is 1. The number of primary amides is 1. The SMILES string of the molecule is COC(=O)CCCCCCCN[C@@H](Cc1ccccc1)C(N)=O. The van der Waals surface area contributed by atoms with E-state index in [9.17, 15) is 9.59 Å². The van der Waals surface area contributed by atoms with Gasteiger partial charge in [0, 0.05) is 6.42 Å². The number of carbonyl (C=O) groups excluding carboxylic acids is 2. The number of benzene rings is 1. The van der Waals surface area contributed by atoms with Gasteiger partial charge in [0.1, 0.15) is 0 Å². The molecule has 23 heavy (non-hydrogen) atoms. The van der Waals surface area contributed by atoms with Crippen molar-refractivity contribution < 1.29 is 14.3 Å². The lowest BCUT2D eigenvalue weighted by molar-refractivity contribution is -0.140. The molecule has 0 radical (unpaired) electrons. The van der Waals surface area contributed by atoms with Crippen LogP contribution in [0.4, 0.5) is 0 Å². The van der Waals surface area contributed by atoms with Crippen LogP contribution in [0.15, 0.2) is 30.3 Å². The maximum atomic E-state index is 11.5. The zero-order valence-corrected chi connectivity index (χ0v) is 13.9. The van der Waals surface area contributed by atoms with Crippen LogP contribution in [0.25, 0.3) is 0 Å². The number of hydrogen-bond donors (Lipinski definition) is 2. The van der Waals surface area contributed by atoms with Crippen LogP contribution in [0.5, 0.6) is 0 Å². The molecule has 0 aromatic heterocycles. The molecular weight excluding hydrogens is 292 g/mol. The fourth-order valence-electron chi connectivity index (χ4n) is 2.43. The van der Waals surface area contributed by atoms with Gasteiger partial charge in [0.05, 0.1) is 13.2 Å². The van der Waals surface area contributed by atoms with Gasteiger partial charge in [-0.05, 0) is 31.4 Å². The molecule has 128 valence electrons. The lowest BCUT2D eigenvalue weighted by Crippen LogP contribution is -2.43. The van der Waals surface area contributed by atoms with Crippen LogP contribution in [-0.2, 0) is 20.7 Å². The Morgan fingerprint density at radius 2 is 1.74 bits per heavy atom. The van der Waals surface area contributed by atoms with Gasteiger partial charge in [-0.1, -0.05) is 49.6 Å². The zero-order valence-electron chi connectivity index (χ0n) is 13.9. The number of amides is 1. The molecule has 0 heterocycles. The first kappa shape index (κ1) is 19.2. The van der Waals surface area contributed by atoms with Gasteiger partial charge in [-0.3, -0.25) is 9.59 Å². The van der Waals surface area contributed by atoms with Crippen LogP contribution < -0.4 is 11.1 Å². The molecule has 5 heteroatoms. The first-order valence-electron chi connectivity index (χ1n) is 8.27. The summed E-state index contributed by atoms with van der Waals surface area (Å²) < 4.78 is 4.60. The highest BCUT2D eigenvalue weighted by atomic mass is 16.5. The van der Waals surface area contributed by atoms with Crippen molar-refractivity contribution in [3.63, 3.8) is 0 Å². The summed E-state index contributed by atoms with van der Waals surface area (Å²) >= 11 is 0. The predicted molar refractivity (Wildman–Crippen MR) is 90.8 cm³/mol. The quantitative estimate of drug-likeness (QED) is 0.457. The molecule has 0 fully saturated rings. The molecule has 1 rings (SSSR count). The highest BCUT2D eigenvalue weighted by molar-refractivity contribution is 5.80. The summed E-state index contributed by atoms with van der Waals surface area (Å²) in [5, 5.41) is 3.24. The number of esters is 1. The van der Waals surface area contributed by atoms with E-state index in [0.717, 1.165) is 44.2 Å². The normalized spacial score (nSPS) is 11.9. The van der Waals surface area contributed by atoms with Gasteiger partial charge in [0.15, 0.2) is 0 Å². The molecule has 0 spiro atoms. The van der Waals surface area contributed by atoms with Gasteiger partial charge in [-0.15, -0.1) is 0 Å². The first-order valence-corrected chi connectivity index (χ1v) is 8.27. The molecule has 1 aromatic rings. The lowest BCUT2D eigenvalue weighted by atomic mass is 10.1. The van der Waals surface area contributed by atoms with Crippen LogP contribution in [0.2, 0.25) is 0 Å². The molecule has 1 amide bonds. The maximum absolute atomic E-state index is 11.5. The fourth-order valence-corrected chi connectivity index (χ4v) is 2.43. The standard InChI is InChI=1S/C18H28N2O3/c1-23-17(21)12-8-3-2-4-9-13-20-16(18(19)22)14-15-10-6-5-7-11-15/h5-7,10-11,16,20H,2-4,8-9,12-14H2,1H3,(H2,19,22)/t16-/m0/s1. The average molecular weight is 320 g/mol. The number of nitrogens with two attached hydrogens (primary N) is 1. The first-order chi connectivity index (χ1) is 11.1. The van der Waals surface area contributed by atoms with Crippen molar-refractivity contribution in [2.45, 2.75) is 51.0 Å². The summed E-state index contributed by atoms with van der Waals surface area (Å²) in [6.07, 6.45) is 6.17. The number of nitrogens with one attached hydrogen (secondary N) is 1. The van der Waals surface area contributed by atoms with Gasteiger partial charge >= 0.3 is 5.97 Å². The van der Waals surface area contributed by atoms with Gasteiger partial charge in [-0.2, -0.15) is 0 Å². The lowest BCUT2D eigenvalue weighted by Gasteiger charge is -2.15. The third-order valence-corrected chi connectivity index (χ3v) is 3.80. The molecule has 0 aliphatic rings. The monoisotopic (exact) mass is 320 g/mol. The number of hydrogen-bond acceptors (Lipinski definition) is 4. The predicted octanol–water partition coefficient (Wildman–Crippen LogP) is 2.19. The van der Waals surface area contributed by atoms with Crippen molar-refractivity contribution in [1.82, 2.24) is 5.32 Å². The summed E-state index contributed by atoms with van der Waals surface area (Å²) in [5.41, 5.74) is 6.56. The summed E-state index contributed by atoms with van der Waals surface area (Å²) in [4.78, 5) is 22.5. The van der Waals surface area contributed by atoms with E-state index in [1.165, 1.54) is 7.11 Å². The number of carbonyl (C=O) groups is 2. The van der Waals surface area contributed by atoms with E-state index in [4.69, 9.17) is 5.73 Å². The Hall–Kier alpha value is -1.88. The molecule has 0 saturated heterocycles. The molecule has 1 aromatic carbocycles. The summed E-state index contributed by atoms with van der Waals surface area (Å²) in [7, 11) is 1.42. The molecule has 1 atom stereocenters. The van der Waals surface area contributed by atoms with E-state index >= 15 is 0 Å². The number of methoxy groups -OCH3 is 1. The second-order valence-electron chi connectivity index (χ2n) is 5.69. The average Bonchev–Trinajstić information content (AvgIpc) is 2.56. The van der Waals surface area contributed by atoms with Gasteiger partial charge in [0.2, 0.25) is 5.91 Å². The van der Waals surface area contributed by atoms with Gasteiger partial charge in [0.25, 0.3) is 0 Å². The Kier molecular flexibility index (Phi) is 9.71. The Morgan fingerprint density at radius 3 is 2.39 bits per heavy atom. The zero-order chi connectivity index (χ0) is 16.9. The summed E-state index contributed by atoms with van der Waals surface area (Å²) in [5.74, 6) is -0.455. The van der Waals surface area contributed by atoms with Crippen molar-refractivity contribution >= 4 is 11.9 Å². The van der Waals surface area contributed by atoms with E-state index < -0.39 is 0 Å². The molecule has 0 aliphatic carbocycles. The van der Waals surface area contributed by atoms with E-state index in [1.807, 2.05) is 30.3 Å². The van der Waals surface area contributed by atoms with Crippen molar-refractivity contribution in [1.29, 1.82) is 0 Å². The Labute approximate surface area is 138 Å². The molecule has 0 unspecified atom stereocenters. The highest BCUT2D eigenvalue weighted by Gasteiger charge is 2.14. The van der Waals surface area contributed by atoms with Crippen LogP contribution >= 0.6 is 0 Å². The summed E-state index contributed by atoms with van der Waals surface area (Å²) in [6, 6.07) is 9.55. The van der Waals surface area contributed by atoms with Crippen molar-refractivity contribution in [3.05, 3.63) is 35.9 Å². The van der Waals surface area contributed by atoms with Crippen molar-refractivity contribution in [3.8, 4) is 0 Å². The third kappa shape index (κ3) is 8.98. The second-order valence-corrected chi connectivity index (χ2v) is 5.69. The minimum absolute atomic E-state index is 0.142. The van der Waals surface area contributed by atoms with Gasteiger partial charge < -0.3 is 15.8 Å². The number of unbranched alkanes of at least 4 members (excludes halogenated alkanes) is 4. The third-order valence-electron chi connectivity index (χ3n) is 3.80. The van der Waals surface area contributed by atoms with Gasteiger partial charge in [-0.25, -0.2) is 0 Å². The molecule has 0 aliphatic heterocycles. The topological polar surface area (TPSA) is 81.4 Å². The minimum atomic E-state index is -0.322. The maximum Gasteiger partial charge on any atom is 0.305 e. The van der Waals surface area contributed by atoms with Crippen molar-refractivity contribution in [2.24, 2.45) is 5.73 Å². The fraction of sp³-hybridized carbons (Fsp3) is 0.556. The Bertz CT molecular complexity index is 463. The molecule has 0 bridgehead atoms. The number of rotatable bonds is 12.